The van der Waals surface area contributed by atoms with Crippen molar-refractivity contribution in [1.82, 2.24) is 16.0 Å². The molecule has 2 fully saturated rings. The molecule has 1 unspecified atom stereocenters. The molecule has 2 aliphatic rings. The van der Waals surface area contributed by atoms with Gasteiger partial charge in [0, 0.05) is 31.8 Å². The van der Waals surface area contributed by atoms with Gasteiger partial charge in [-0.1, -0.05) is 0 Å². The van der Waals surface area contributed by atoms with E-state index >= 15 is 0 Å². The number of ether oxygens (including phenoxy) is 4. The third-order valence-electron chi connectivity index (χ3n) is 6.31. The highest BCUT2D eigenvalue weighted by atomic mass is 16.7. The van der Waals surface area contributed by atoms with Crippen LogP contribution < -0.4 is 21.1 Å². The zero-order valence-corrected chi connectivity index (χ0v) is 22.0. The van der Waals surface area contributed by atoms with Crippen molar-refractivity contribution in [2.75, 3.05) is 46.6 Å². The lowest BCUT2D eigenvalue weighted by Crippen LogP contribution is -2.52. The first-order valence-electron chi connectivity index (χ1n) is 13.1. The SMILES string of the molecule is CNCCCC1OCC2(CO1)COC(CCCNC(=O)C(CCC(C)=O)NC(=O)CCCC(=O)[O-])OC2. The minimum Gasteiger partial charge on any atom is -0.550 e. The number of ketones is 1. The molecule has 2 amide bonds. The summed E-state index contributed by atoms with van der Waals surface area (Å²) in [6.45, 7) is 4.70. The summed E-state index contributed by atoms with van der Waals surface area (Å²) in [6, 6.07) is -0.866. The van der Waals surface area contributed by atoms with Gasteiger partial charge in [0.15, 0.2) is 12.6 Å². The van der Waals surface area contributed by atoms with E-state index in [9.17, 15) is 24.3 Å². The van der Waals surface area contributed by atoms with Crippen LogP contribution in [0.2, 0.25) is 0 Å². The van der Waals surface area contributed by atoms with Gasteiger partial charge in [0.05, 0.1) is 31.8 Å². The summed E-state index contributed by atoms with van der Waals surface area (Å²) < 4.78 is 23.5. The van der Waals surface area contributed by atoms with Gasteiger partial charge in [-0.05, 0) is 59.0 Å². The third-order valence-corrected chi connectivity index (χ3v) is 6.31. The van der Waals surface area contributed by atoms with Gasteiger partial charge in [-0.15, -0.1) is 0 Å². The Morgan fingerprint density at radius 1 is 0.865 bits per heavy atom. The molecule has 37 heavy (non-hydrogen) atoms. The average Bonchev–Trinajstić information content (AvgIpc) is 2.86. The number of carbonyl (C=O) groups is 4. The van der Waals surface area contributed by atoms with Gasteiger partial charge in [0.2, 0.25) is 11.8 Å². The van der Waals surface area contributed by atoms with Crippen molar-refractivity contribution >= 4 is 23.6 Å². The molecule has 2 heterocycles. The van der Waals surface area contributed by atoms with E-state index in [1.54, 1.807) is 0 Å². The lowest BCUT2D eigenvalue weighted by Gasteiger charge is -2.43. The van der Waals surface area contributed by atoms with E-state index in [2.05, 4.69) is 16.0 Å². The number of amides is 2. The zero-order valence-electron chi connectivity index (χ0n) is 22.0. The number of carboxylic acids is 1. The number of nitrogens with one attached hydrogen (secondary N) is 3. The molecule has 0 aromatic rings. The van der Waals surface area contributed by atoms with E-state index in [1.807, 2.05) is 7.05 Å². The second-order valence-electron chi connectivity index (χ2n) is 9.87. The Labute approximate surface area is 218 Å². The first-order valence-corrected chi connectivity index (χ1v) is 13.1. The number of hydrogen-bond donors (Lipinski definition) is 3. The zero-order chi connectivity index (χ0) is 27.1. The summed E-state index contributed by atoms with van der Waals surface area (Å²) >= 11 is 0. The molecule has 212 valence electrons. The second-order valence-corrected chi connectivity index (χ2v) is 9.87. The summed E-state index contributed by atoms with van der Waals surface area (Å²) in [5, 5.41) is 19.0. The Balaban J connectivity index is 1.65. The monoisotopic (exact) mass is 528 g/mol. The van der Waals surface area contributed by atoms with Crippen molar-refractivity contribution in [1.29, 1.82) is 0 Å². The lowest BCUT2D eigenvalue weighted by atomic mass is 9.90. The van der Waals surface area contributed by atoms with Crippen molar-refractivity contribution in [3.63, 3.8) is 0 Å². The molecule has 0 saturated carbocycles. The maximum atomic E-state index is 12.6. The van der Waals surface area contributed by atoms with Gasteiger partial charge in [0.25, 0.3) is 0 Å². The molecule has 12 heteroatoms. The number of aliphatic carboxylic acids is 1. The van der Waals surface area contributed by atoms with Crippen molar-refractivity contribution in [3.05, 3.63) is 0 Å². The van der Waals surface area contributed by atoms with Crippen molar-refractivity contribution in [2.45, 2.75) is 83.3 Å². The fraction of sp³-hybridized carbons (Fsp3) is 0.840. The standard InChI is InChI=1S/C25H43N3O9/c1-18(29)10-11-19(28-20(30)6-3-7-21(31)32)24(33)27-13-5-9-23-36-16-25(17-37-23)14-34-22(35-15-25)8-4-12-26-2/h19,22-23,26H,3-17H2,1-2H3,(H,27,33)(H,28,30)(H,31,32)/p-1. The quantitative estimate of drug-likeness (QED) is 0.207. The second kappa shape index (κ2) is 16.7. The molecule has 0 aromatic carbocycles. The molecule has 1 atom stereocenters. The van der Waals surface area contributed by atoms with Crippen LogP contribution in [0.3, 0.4) is 0 Å². The predicted octanol–water partition coefficient (Wildman–Crippen LogP) is -0.611. The summed E-state index contributed by atoms with van der Waals surface area (Å²) in [5.41, 5.74) is -0.298. The maximum Gasteiger partial charge on any atom is 0.242 e. The Hall–Kier alpha value is -2.12. The Kier molecular flexibility index (Phi) is 14.0. The van der Waals surface area contributed by atoms with Gasteiger partial charge in [-0.2, -0.15) is 0 Å². The molecule has 1 spiro atoms. The molecular formula is C25H42N3O9-. The molecule has 2 saturated heterocycles. The van der Waals surface area contributed by atoms with Gasteiger partial charge >= 0.3 is 0 Å². The number of carbonyl (C=O) groups excluding carboxylic acids is 4. The molecular weight excluding hydrogens is 486 g/mol. The minimum atomic E-state index is -1.23. The third kappa shape index (κ3) is 12.3. The van der Waals surface area contributed by atoms with E-state index < -0.39 is 17.9 Å². The molecule has 3 N–H and O–H groups in total. The molecule has 0 aliphatic carbocycles. The van der Waals surface area contributed by atoms with Crippen LogP contribution in [0, 0.1) is 5.41 Å². The fourth-order valence-electron chi connectivity index (χ4n) is 4.08. The maximum absolute atomic E-state index is 12.6. The molecule has 12 nitrogen and oxygen atoms in total. The van der Waals surface area contributed by atoms with E-state index in [-0.39, 0.29) is 61.8 Å². The van der Waals surface area contributed by atoms with Crippen LogP contribution in [0.5, 0.6) is 0 Å². The lowest BCUT2D eigenvalue weighted by molar-refractivity contribution is -0.305. The fourth-order valence-corrected chi connectivity index (χ4v) is 4.08. The van der Waals surface area contributed by atoms with Crippen molar-refractivity contribution in [3.8, 4) is 0 Å². The first kappa shape index (κ1) is 31.1. The van der Waals surface area contributed by atoms with Crippen LogP contribution >= 0.6 is 0 Å². The molecule has 0 aromatic heterocycles. The normalized spacial score (nSPS) is 24.4. The largest absolute Gasteiger partial charge is 0.550 e. The first-order chi connectivity index (χ1) is 17.7. The predicted molar refractivity (Wildman–Crippen MR) is 130 cm³/mol. The highest BCUT2D eigenvalue weighted by Crippen LogP contribution is 2.31. The van der Waals surface area contributed by atoms with Gasteiger partial charge in [-0.25, -0.2) is 0 Å². The van der Waals surface area contributed by atoms with Crippen LogP contribution in [0.4, 0.5) is 0 Å². The Morgan fingerprint density at radius 2 is 1.43 bits per heavy atom. The van der Waals surface area contributed by atoms with Gasteiger partial charge in [-0.3, -0.25) is 9.59 Å². The smallest absolute Gasteiger partial charge is 0.242 e. The summed E-state index contributed by atoms with van der Waals surface area (Å²) in [4.78, 5) is 46.5. The Bertz CT molecular complexity index is 731. The van der Waals surface area contributed by atoms with Crippen LogP contribution in [0.25, 0.3) is 0 Å². The summed E-state index contributed by atoms with van der Waals surface area (Å²) in [5.74, 6) is -2.15. The highest BCUT2D eigenvalue weighted by Gasteiger charge is 2.41. The summed E-state index contributed by atoms with van der Waals surface area (Å²) in [7, 11) is 1.92. The van der Waals surface area contributed by atoms with E-state index in [0.29, 0.717) is 45.8 Å². The van der Waals surface area contributed by atoms with Crippen LogP contribution in [-0.2, 0) is 38.1 Å². The van der Waals surface area contributed by atoms with E-state index in [1.165, 1.54) is 6.92 Å². The Morgan fingerprint density at radius 3 is 1.95 bits per heavy atom. The van der Waals surface area contributed by atoms with E-state index in [4.69, 9.17) is 18.9 Å². The van der Waals surface area contributed by atoms with Crippen LogP contribution in [-0.4, -0.2) is 88.8 Å². The molecule has 2 rings (SSSR count). The molecule has 0 bridgehead atoms. The van der Waals surface area contributed by atoms with Crippen LogP contribution in [0.15, 0.2) is 0 Å². The van der Waals surface area contributed by atoms with Crippen molar-refractivity contribution in [2.24, 2.45) is 5.41 Å². The number of Topliss-reactive ketones (excluding diaryl/α,β-unsaturated/α-hetero) is 1. The topological polar surface area (TPSA) is 164 Å². The summed E-state index contributed by atoms with van der Waals surface area (Å²) in [6.07, 6.45) is 2.60. The van der Waals surface area contributed by atoms with Gasteiger partial charge in [0.1, 0.15) is 11.8 Å². The van der Waals surface area contributed by atoms with E-state index in [0.717, 1.165) is 19.4 Å². The van der Waals surface area contributed by atoms with Crippen molar-refractivity contribution < 1.29 is 43.2 Å². The highest BCUT2D eigenvalue weighted by molar-refractivity contribution is 5.88. The average molecular weight is 529 g/mol. The number of hydrogen-bond acceptors (Lipinski definition) is 10. The number of carboxylic acid groups (broad SMARTS) is 1. The molecule has 2 aliphatic heterocycles. The minimum absolute atomic E-state index is 0.0389. The van der Waals surface area contributed by atoms with Crippen LogP contribution in [0.1, 0.15) is 64.7 Å². The molecule has 0 radical (unpaired) electrons. The van der Waals surface area contributed by atoms with Gasteiger partial charge < -0.3 is 49.6 Å². The number of rotatable bonds is 17.